The molecule has 2 nitrogen and oxygen atoms in total. The van der Waals surface area contributed by atoms with E-state index >= 15 is 0 Å². The summed E-state index contributed by atoms with van der Waals surface area (Å²) in [5.41, 5.74) is 1.08. The Bertz CT molecular complexity index is 383. The first kappa shape index (κ1) is 15.5. The maximum Gasteiger partial charge on any atom is 0.146 e. The molecule has 0 aromatic carbocycles. The molecule has 0 spiro atoms. The highest BCUT2D eigenvalue weighted by atomic mass is 127. The van der Waals surface area contributed by atoms with E-state index in [2.05, 4.69) is 60.3 Å². The Labute approximate surface area is 126 Å². The molecule has 1 heterocycles. The summed E-state index contributed by atoms with van der Waals surface area (Å²) in [6, 6.07) is 0. The first-order valence-electron chi connectivity index (χ1n) is 5.72. The van der Waals surface area contributed by atoms with Gasteiger partial charge in [-0.15, -0.1) is 0 Å². The summed E-state index contributed by atoms with van der Waals surface area (Å²) in [4.78, 5) is 8.96. The average Bonchev–Trinajstić information content (AvgIpc) is 2.21. The van der Waals surface area contributed by atoms with Crippen LogP contribution in [0.2, 0.25) is 5.15 Å². The van der Waals surface area contributed by atoms with Crippen molar-refractivity contribution in [2.75, 3.05) is 0 Å². The van der Waals surface area contributed by atoms with Gasteiger partial charge < -0.3 is 0 Å². The highest BCUT2D eigenvalue weighted by Gasteiger charge is 2.12. The summed E-state index contributed by atoms with van der Waals surface area (Å²) >= 11 is 10.2. The lowest BCUT2D eigenvalue weighted by molar-refractivity contribution is 0.629. The molecule has 5 heteroatoms. The minimum Gasteiger partial charge on any atom is -0.236 e. The van der Waals surface area contributed by atoms with Crippen molar-refractivity contribution in [2.24, 2.45) is 5.92 Å². The fourth-order valence-corrected chi connectivity index (χ4v) is 2.62. The second-order valence-corrected chi connectivity index (χ2v) is 7.65. The van der Waals surface area contributed by atoms with Gasteiger partial charge in [-0.1, -0.05) is 39.3 Å². The van der Waals surface area contributed by atoms with Crippen molar-refractivity contribution >= 4 is 46.0 Å². The highest BCUT2D eigenvalue weighted by Crippen LogP contribution is 2.23. The Morgan fingerprint density at radius 1 is 1.24 bits per heavy atom. The van der Waals surface area contributed by atoms with Crippen molar-refractivity contribution in [3.63, 3.8) is 0 Å². The number of aromatic nitrogens is 2. The van der Waals surface area contributed by atoms with Crippen LogP contribution in [0, 0.1) is 9.49 Å². The Hall–Kier alpha value is 0.450. The van der Waals surface area contributed by atoms with Crippen LogP contribution in [-0.2, 0) is 12.2 Å². The van der Waals surface area contributed by atoms with Gasteiger partial charge in [-0.05, 0) is 40.2 Å². The zero-order valence-electron chi connectivity index (χ0n) is 10.6. The number of thioether (sulfide) groups is 1. The van der Waals surface area contributed by atoms with Crippen molar-refractivity contribution in [1.82, 2.24) is 9.97 Å². The smallest absolute Gasteiger partial charge is 0.146 e. The van der Waals surface area contributed by atoms with Gasteiger partial charge in [-0.25, -0.2) is 9.97 Å². The molecule has 1 aromatic heterocycles. The molecular formula is C12H18ClIN2S. The van der Waals surface area contributed by atoms with E-state index in [4.69, 9.17) is 11.6 Å². The third-order valence-corrected chi connectivity index (χ3v) is 4.89. The van der Waals surface area contributed by atoms with E-state index in [0.717, 1.165) is 27.3 Å². The molecule has 1 rings (SSSR count). The standard InChI is InChI=1S/C12H18ClIN2S/c1-7(2)5-9-11(14)12(13)16-10(15-9)6-17-8(3)4/h7-8H,5-6H2,1-4H3. The number of nitrogens with zero attached hydrogens (tertiary/aromatic N) is 2. The van der Waals surface area contributed by atoms with Gasteiger partial charge in [-0.3, -0.25) is 0 Å². The van der Waals surface area contributed by atoms with E-state index in [0.29, 0.717) is 16.3 Å². The van der Waals surface area contributed by atoms with Crippen LogP contribution in [-0.4, -0.2) is 15.2 Å². The lowest BCUT2D eigenvalue weighted by atomic mass is 10.1. The molecule has 0 fully saturated rings. The number of rotatable bonds is 5. The molecule has 0 saturated carbocycles. The third-order valence-electron chi connectivity index (χ3n) is 2.07. The topological polar surface area (TPSA) is 25.8 Å². The van der Waals surface area contributed by atoms with Gasteiger partial charge >= 0.3 is 0 Å². The zero-order chi connectivity index (χ0) is 13.0. The molecule has 0 radical (unpaired) electrons. The van der Waals surface area contributed by atoms with Gasteiger partial charge in [0.2, 0.25) is 0 Å². The van der Waals surface area contributed by atoms with E-state index in [9.17, 15) is 0 Å². The molecule has 0 aliphatic heterocycles. The van der Waals surface area contributed by atoms with E-state index in [1.165, 1.54) is 0 Å². The number of hydrogen-bond donors (Lipinski definition) is 0. The van der Waals surface area contributed by atoms with Crippen LogP contribution in [0.1, 0.15) is 39.2 Å². The highest BCUT2D eigenvalue weighted by molar-refractivity contribution is 14.1. The maximum absolute atomic E-state index is 6.15. The quantitative estimate of drug-likeness (QED) is 0.549. The summed E-state index contributed by atoms with van der Waals surface area (Å²) in [6.45, 7) is 8.73. The molecule has 17 heavy (non-hydrogen) atoms. The van der Waals surface area contributed by atoms with Gasteiger partial charge in [0.05, 0.1) is 15.0 Å². The Kier molecular flexibility index (Phi) is 6.51. The monoisotopic (exact) mass is 384 g/mol. The zero-order valence-corrected chi connectivity index (χ0v) is 14.4. The molecule has 0 amide bonds. The summed E-state index contributed by atoms with van der Waals surface area (Å²) in [5, 5.41) is 1.18. The predicted molar refractivity (Wildman–Crippen MR) is 84.7 cm³/mol. The van der Waals surface area contributed by atoms with Crippen LogP contribution < -0.4 is 0 Å². The number of hydrogen-bond acceptors (Lipinski definition) is 3. The van der Waals surface area contributed by atoms with Crippen LogP contribution >= 0.6 is 46.0 Å². The van der Waals surface area contributed by atoms with Crippen LogP contribution in [0.3, 0.4) is 0 Å². The fourth-order valence-electron chi connectivity index (χ4n) is 1.34. The van der Waals surface area contributed by atoms with Gasteiger partial charge in [0.1, 0.15) is 11.0 Å². The van der Waals surface area contributed by atoms with Crippen LogP contribution in [0.5, 0.6) is 0 Å². The normalized spacial score (nSPS) is 11.5. The van der Waals surface area contributed by atoms with Crippen molar-refractivity contribution in [2.45, 2.75) is 45.1 Å². The summed E-state index contributed by atoms with van der Waals surface area (Å²) in [5.74, 6) is 2.27. The van der Waals surface area contributed by atoms with E-state index < -0.39 is 0 Å². The average molecular weight is 385 g/mol. The maximum atomic E-state index is 6.15. The summed E-state index contributed by atoms with van der Waals surface area (Å²) in [7, 11) is 0. The van der Waals surface area contributed by atoms with Crippen LogP contribution in [0.4, 0.5) is 0 Å². The molecule has 0 bridgehead atoms. The van der Waals surface area contributed by atoms with Crippen LogP contribution in [0.25, 0.3) is 0 Å². The van der Waals surface area contributed by atoms with Crippen molar-refractivity contribution in [1.29, 1.82) is 0 Å². The second-order valence-electron chi connectivity index (χ2n) is 4.65. The Balaban J connectivity index is 2.89. The van der Waals surface area contributed by atoms with Crippen LogP contribution in [0.15, 0.2) is 0 Å². The van der Waals surface area contributed by atoms with Crippen molar-refractivity contribution in [3.05, 3.63) is 20.2 Å². The SMILES string of the molecule is CC(C)Cc1nc(CSC(C)C)nc(Cl)c1I. The molecule has 0 N–H and O–H groups in total. The van der Waals surface area contributed by atoms with E-state index in [-0.39, 0.29) is 0 Å². The van der Waals surface area contributed by atoms with Crippen molar-refractivity contribution in [3.8, 4) is 0 Å². The first-order chi connectivity index (χ1) is 7.90. The van der Waals surface area contributed by atoms with Gasteiger partial charge in [0.15, 0.2) is 0 Å². The lowest BCUT2D eigenvalue weighted by Crippen LogP contribution is -2.06. The first-order valence-corrected chi connectivity index (χ1v) is 8.23. The Morgan fingerprint density at radius 3 is 2.41 bits per heavy atom. The minimum absolute atomic E-state index is 0.583. The molecule has 1 aromatic rings. The molecular weight excluding hydrogens is 367 g/mol. The molecule has 0 aliphatic carbocycles. The fraction of sp³-hybridized carbons (Fsp3) is 0.667. The van der Waals surface area contributed by atoms with Gasteiger partial charge in [0.25, 0.3) is 0 Å². The van der Waals surface area contributed by atoms with Gasteiger partial charge in [0, 0.05) is 0 Å². The molecule has 0 atom stereocenters. The minimum atomic E-state index is 0.583. The molecule has 0 aliphatic rings. The largest absolute Gasteiger partial charge is 0.236 e. The lowest BCUT2D eigenvalue weighted by Gasteiger charge is -2.10. The summed E-state index contributed by atoms with van der Waals surface area (Å²) < 4.78 is 0.997. The molecule has 0 unspecified atom stereocenters. The molecule has 96 valence electrons. The Morgan fingerprint density at radius 2 is 1.88 bits per heavy atom. The third kappa shape index (κ3) is 5.30. The number of halogens is 2. The van der Waals surface area contributed by atoms with E-state index in [1.807, 2.05) is 11.8 Å². The summed E-state index contributed by atoms with van der Waals surface area (Å²) in [6.07, 6.45) is 0.958. The molecule has 0 saturated heterocycles. The van der Waals surface area contributed by atoms with E-state index in [1.54, 1.807) is 0 Å². The van der Waals surface area contributed by atoms with Gasteiger partial charge in [-0.2, -0.15) is 11.8 Å². The second kappa shape index (κ2) is 7.14. The van der Waals surface area contributed by atoms with Crippen molar-refractivity contribution < 1.29 is 0 Å². The predicted octanol–water partition coefficient (Wildman–Crippen LogP) is 4.57.